The molecular weight excluding hydrogens is 464 g/mol. The van der Waals surface area contributed by atoms with Gasteiger partial charge in [0, 0.05) is 17.7 Å². The maximum absolute atomic E-state index is 12.2. The van der Waals surface area contributed by atoms with Gasteiger partial charge in [0.1, 0.15) is 11.5 Å². The zero-order chi connectivity index (χ0) is 24.5. The van der Waals surface area contributed by atoms with Crippen LogP contribution >= 0.6 is 11.6 Å². The zero-order valence-electron chi connectivity index (χ0n) is 17.9. The van der Waals surface area contributed by atoms with Crippen molar-refractivity contribution in [2.75, 3.05) is 19.0 Å². The van der Waals surface area contributed by atoms with Crippen molar-refractivity contribution in [3.05, 3.63) is 93.0 Å². The van der Waals surface area contributed by atoms with Crippen LogP contribution in [0, 0.1) is 10.1 Å². The third-order valence-electron chi connectivity index (χ3n) is 4.42. The molecule has 3 aromatic rings. The van der Waals surface area contributed by atoms with E-state index < -0.39 is 10.8 Å². The Hall–Kier alpha value is -4.44. The number of carbonyl (C=O) groups is 2. The van der Waals surface area contributed by atoms with E-state index in [2.05, 4.69) is 15.8 Å². The van der Waals surface area contributed by atoms with Crippen LogP contribution in [0.3, 0.4) is 0 Å². The molecule has 0 fully saturated rings. The van der Waals surface area contributed by atoms with Gasteiger partial charge in [-0.2, -0.15) is 5.10 Å². The molecule has 174 valence electrons. The minimum absolute atomic E-state index is 0.116. The lowest BCUT2D eigenvalue weighted by molar-refractivity contribution is -0.384. The normalized spacial score (nSPS) is 10.5. The molecule has 0 bridgehead atoms. The number of nitrogens with one attached hydrogen (secondary N) is 2. The van der Waals surface area contributed by atoms with Crippen LogP contribution in [0.15, 0.2) is 71.8 Å². The monoisotopic (exact) mass is 482 g/mol. The SMILES string of the molecule is COc1ccccc1NC(=O)COc1ccc(/C=N/NC(=O)c2ccc([N+](=O)[O-])cc2)cc1Cl. The Balaban J connectivity index is 1.53. The topological polar surface area (TPSA) is 132 Å². The lowest BCUT2D eigenvalue weighted by atomic mass is 10.2. The molecular formula is C23H19ClN4O6. The number of benzene rings is 3. The molecule has 0 aliphatic carbocycles. The number of nitro groups is 1. The van der Waals surface area contributed by atoms with Crippen LogP contribution in [0.25, 0.3) is 0 Å². The second kappa shape index (κ2) is 11.4. The summed E-state index contributed by atoms with van der Waals surface area (Å²) < 4.78 is 10.7. The highest BCUT2D eigenvalue weighted by molar-refractivity contribution is 6.32. The first-order chi connectivity index (χ1) is 16.4. The Labute approximate surface area is 199 Å². The molecule has 0 radical (unpaired) electrons. The summed E-state index contributed by atoms with van der Waals surface area (Å²) in [6.45, 7) is -0.267. The average molecular weight is 483 g/mol. The van der Waals surface area contributed by atoms with E-state index in [1.165, 1.54) is 37.6 Å². The number of nitrogens with zero attached hydrogens (tertiary/aromatic N) is 2. The number of amides is 2. The van der Waals surface area contributed by atoms with E-state index in [9.17, 15) is 19.7 Å². The van der Waals surface area contributed by atoms with Crippen molar-refractivity contribution in [1.82, 2.24) is 5.43 Å². The van der Waals surface area contributed by atoms with Gasteiger partial charge in [-0.25, -0.2) is 5.43 Å². The Kier molecular flexibility index (Phi) is 8.14. The predicted octanol–water partition coefficient (Wildman–Crippen LogP) is 4.04. The third kappa shape index (κ3) is 6.53. The lowest BCUT2D eigenvalue weighted by Gasteiger charge is -2.11. The lowest BCUT2D eigenvalue weighted by Crippen LogP contribution is -2.20. The molecule has 3 aromatic carbocycles. The predicted molar refractivity (Wildman–Crippen MR) is 127 cm³/mol. The number of non-ortho nitro benzene ring substituents is 1. The summed E-state index contributed by atoms with van der Waals surface area (Å²) in [5, 5.41) is 17.5. The highest BCUT2D eigenvalue weighted by atomic mass is 35.5. The highest BCUT2D eigenvalue weighted by Crippen LogP contribution is 2.26. The van der Waals surface area contributed by atoms with E-state index in [1.54, 1.807) is 42.5 Å². The Morgan fingerprint density at radius 1 is 1.09 bits per heavy atom. The molecule has 0 heterocycles. The molecule has 0 aliphatic heterocycles. The van der Waals surface area contributed by atoms with E-state index in [0.29, 0.717) is 22.7 Å². The number of para-hydroxylation sites is 2. The molecule has 11 heteroatoms. The van der Waals surface area contributed by atoms with Gasteiger partial charge >= 0.3 is 0 Å². The van der Waals surface area contributed by atoms with Gasteiger partial charge in [-0.05, 0) is 48.0 Å². The van der Waals surface area contributed by atoms with Crippen molar-refractivity contribution in [3.8, 4) is 11.5 Å². The van der Waals surface area contributed by atoms with Gasteiger partial charge in [0.25, 0.3) is 17.5 Å². The van der Waals surface area contributed by atoms with Crippen LogP contribution < -0.4 is 20.2 Å². The fraction of sp³-hybridized carbons (Fsp3) is 0.0870. The number of nitro benzene ring substituents is 1. The number of methoxy groups -OCH3 is 1. The van der Waals surface area contributed by atoms with Crippen LogP contribution in [-0.4, -0.2) is 36.7 Å². The Morgan fingerprint density at radius 2 is 1.82 bits per heavy atom. The molecule has 2 amide bonds. The fourth-order valence-electron chi connectivity index (χ4n) is 2.76. The Morgan fingerprint density at radius 3 is 2.50 bits per heavy atom. The van der Waals surface area contributed by atoms with E-state index in [0.717, 1.165) is 0 Å². The van der Waals surface area contributed by atoms with Crippen LogP contribution in [0.1, 0.15) is 15.9 Å². The molecule has 0 atom stereocenters. The van der Waals surface area contributed by atoms with Gasteiger partial charge in [0.2, 0.25) is 0 Å². The number of carbonyl (C=O) groups excluding carboxylic acids is 2. The number of rotatable bonds is 9. The summed E-state index contributed by atoms with van der Waals surface area (Å²) in [6, 6.07) is 16.9. The first-order valence-electron chi connectivity index (χ1n) is 9.80. The van der Waals surface area contributed by atoms with Crippen LogP contribution in [-0.2, 0) is 4.79 Å². The van der Waals surface area contributed by atoms with E-state index in [1.807, 2.05) is 0 Å². The number of halogens is 1. The number of ether oxygens (including phenoxy) is 2. The van der Waals surface area contributed by atoms with Crippen molar-refractivity contribution < 1.29 is 24.0 Å². The zero-order valence-corrected chi connectivity index (χ0v) is 18.6. The second-order valence-corrected chi connectivity index (χ2v) is 7.14. The summed E-state index contributed by atoms with van der Waals surface area (Å²) in [4.78, 5) is 34.4. The fourth-order valence-corrected chi connectivity index (χ4v) is 3.00. The summed E-state index contributed by atoms with van der Waals surface area (Å²) >= 11 is 6.22. The van der Waals surface area contributed by atoms with Gasteiger partial charge in [-0.3, -0.25) is 19.7 Å². The standard InChI is InChI=1S/C23H19ClN4O6/c1-33-21-5-3-2-4-19(21)26-22(29)14-34-20-11-6-15(12-18(20)24)13-25-27-23(30)16-7-9-17(10-8-16)28(31)32/h2-13H,14H2,1H3,(H,26,29)(H,27,30)/b25-13+. The van der Waals surface area contributed by atoms with Crippen molar-refractivity contribution in [1.29, 1.82) is 0 Å². The molecule has 0 saturated heterocycles. The number of hydrazone groups is 1. The molecule has 3 rings (SSSR count). The van der Waals surface area contributed by atoms with Gasteiger partial charge in [-0.15, -0.1) is 0 Å². The molecule has 2 N–H and O–H groups in total. The molecule has 0 aromatic heterocycles. The summed E-state index contributed by atoms with van der Waals surface area (Å²) in [5.41, 5.74) is 3.52. The summed E-state index contributed by atoms with van der Waals surface area (Å²) in [6.07, 6.45) is 1.37. The van der Waals surface area contributed by atoms with Crippen LogP contribution in [0.2, 0.25) is 5.02 Å². The number of anilines is 1. The summed E-state index contributed by atoms with van der Waals surface area (Å²) in [7, 11) is 1.51. The quantitative estimate of drug-likeness (QED) is 0.269. The van der Waals surface area contributed by atoms with Crippen molar-refractivity contribution >= 4 is 41.0 Å². The number of hydrogen-bond donors (Lipinski definition) is 2. The molecule has 0 spiro atoms. The van der Waals surface area contributed by atoms with Gasteiger partial charge in [-0.1, -0.05) is 23.7 Å². The van der Waals surface area contributed by atoms with Crippen LogP contribution in [0.5, 0.6) is 11.5 Å². The van der Waals surface area contributed by atoms with Crippen molar-refractivity contribution in [2.24, 2.45) is 5.10 Å². The minimum atomic E-state index is -0.552. The maximum atomic E-state index is 12.2. The highest BCUT2D eigenvalue weighted by Gasteiger charge is 2.10. The van der Waals surface area contributed by atoms with Gasteiger partial charge in [0.15, 0.2) is 6.61 Å². The molecule has 0 saturated carbocycles. The largest absolute Gasteiger partial charge is 0.495 e. The first-order valence-corrected chi connectivity index (χ1v) is 10.2. The molecule has 0 aliphatic rings. The average Bonchev–Trinajstić information content (AvgIpc) is 2.83. The summed E-state index contributed by atoms with van der Waals surface area (Å²) in [5.74, 6) is -0.0967. The smallest absolute Gasteiger partial charge is 0.271 e. The first kappa shape index (κ1) is 24.2. The maximum Gasteiger partial charge on any atom is 0.271 e. The van der Waals surface area contributed by atoms with Crippen molar-refractivity contribution in [2.45, 2.75) is 0 Å². The Bertz CT molecular complexity index is 1230. The molecule has 0 unspecified atom stereocenters. The molecule has 34 heavy (non-hydrogen) atoms. The van der Waals surface area contributed by atoms with Crippen LogP contribution in [0.4, 0.5) is 11.4 Å². The third-order valence-corrected chi connectivity index (χ3v) is 4.71. The van der Waals surface area contributed by atoms with Crippen molar-refractivity contribution in [3.63, 3.8) is 0 Å². The van der Waals surface area contributed by atoms with E-state index in [-0.39, 0.29) is 28.8 Å². The second-order valence-electron chi connectivity index (χ2n) is 6.73. The number of hydrogen-bond acceptors (Lipinski definition) is 7. The van der Waals surface area contributed by atoms with Gasteiger partial charge in [0.05, 0.1) is 29.0 Å². The van der Waals surface area contributed by atoms with E-state index in [4.69, 9.17) is 21.1 Å². The minimum Gasteiger partial charge on any atom is -0.495 e. The van der Waals surface area contributed by atoms with Gasteiger partial charge < -0.3 is 14.8 Å². The van der Waals surface area contributed by atoms with E-state index >= 15 is 0 Å². The molecule has 10 nitrogen and oxygen atoms in total.